The highest BCUT2D eigenvalue weighted by molar-refractivity contribution is 7.23. The second kappa shape index (κ2) is 12.6. The Morgan fingerprint density at radius 2 is 1.67 bits per heavy atom. The third kappa shape index (κ3) is 12.6. The molecular weight excluding hydrogens is 185 g/mol. The van der Waals surface area contributed by atoms with Crippen molar-refractivity contribution in [3.8, 4) is 0 Å². The zero-order valence-corrected chi connectivity index (χ0v) is 9.48. The second-order valence-electron chi connectivity index (χ2n) is 2.87. The molecule has 0 atom stereocenters. The standard InChI is InChI=1S/2C3H4N2.C2H9B3/c2*1-2-5-3-4-1;1-2-4-5-3/h2*1-3H,(H,4,5);4-5H,2-3H2,1H3. The van der Waals surface area contributed by atoms with Crippen molar-refractivity contribution < 1.29 is 0 Å². The second-order valence-corrected chi connectivity index (χ2v) is 2.87. The normalized spacial score (nSPS) is 7.53. The number of aromatic amines is 2. The molecular formula is C8H17B3N4. The van der Waals surface area contributed by atoms with E-state index in [9.17, 15) is 0 Å². The summed E-state index contributed by atoms with van der Waals surface area (Å²) in [4.78, 5) is 12.8. The molecule has 78 valence electrons. The minimum atomic E-state index is 1.34. The Hall–Kier alpha value is -1.39. The lowest BCUT2D eigenvalue weighted by molar-refractivity contribution is 1.31. The highest BCUT2D eigenvalue weighted by Gasteiger charge is 1.75. The number of nitrogens with zero attached hydrogens (tertiary/aromatic N) is 2. The van der Waals surface area contributed by atoms with E-state index in [0.29, 0.717) is 0 Å². The first-order valence-corrected chi connectivity index (χ1v) is 5.27. The van der Waals surface area contributed by atoms with Gasteiger partial charge in [-0.05, 0) is 0 Å². The maximum atomic E-state index is 3.67. The van der Waals surface area contributed by atoms with Crippen LogP contribution in [0.2, 0.25) is 6.32 Å². The van der Waals surface area contributed by atoms with Gasteiger partial charge in [-0.25, -0.2) is 9.97 Å². The first-order chi connectivity index (χ1) is 7.41. The summed E-state index contributed by atoms with van der Waals surface area (Å²) < 4.78 is 0. The molecule has 0 radical (unpaired) electrons. The van der Waals surface area contributed by atoms with Gasteiger partial charge in [-0.3, -0.25) is 0 Å². The topological polar surface area (TPSA) is 57.4 Å². The van der Waals surface area contributed by atoms with E-state index >= 15 is 0 Å². The van der Waals surface area contributed by atoms with E-state index in [1.54, 1.807) is 37.4 Å². The zero-order chi connectivity index (χ0) is 11.2. The van der Waals surface area contributed by atoms with Crippen molar-refractivity contribution in [1.29, 1.82) is 0 Å². The first-order valence-electron chi connectivity index (χ1n) is 5.27. The van der Waals surface area contributed by atoms with Gasteiger partial charge in [0, 0.05) is 24.8 Å². The monoisotopic (exact) mass is 202 g/mol. The predicted molar refractivity (Wildman–Crippen MR) is 70.5 cm³/mol. The molecule has 2 rings (SSSR count). The molecule has 2 N–H and O–H groups in total. The van der Waals surface area contributed by atoms with Crippen molar-refractivity contribution in [2.75, 3.05) is 0 Å². The third-order valence-electron chi connectivity index (χ3n) is 1.52. The summed E-state index contributed by atoms with van der Waals surface area (Å²) in [5.41, 5.74) is 0. The quantitative estimate of drug-likeness (QED) is 0.649. The maximum Gasteiger partial charge on any atom is 0.0919 e. The van der Waals surface area contributed by atoms with Crippen LogP contribution in [0.25, 0.3) is 0 Å². The van der Waals surface area contributed by atoms with Gasteiger partial charge in [0.2, 0.25) is 0 Å². The van der Waals surface area contributed by atoms with Crippen molar-refractivity contribution in [3.05, 3.63) is 37.4 Å². The average molecular weight is 202 g/mol. The third-order valence-corrected chi connectivity index (χ3v) is 1.52. The van der Waals surface area contributed by atoms with Crippen molar-refractivity contribution in [1.82, 2.24) is 19.9 Å². The van der Waals surface area contributed by atoms with Gasteiger partial charge >= 0.3 is 0 Å². The number of hydrogen-bond acceptors (Lipinski definition) is 2. The summed E-state index contributed by atoms with van der Waals surface area (Å²) in [5.74, 6) is 0. The molecule has 0 amide bonds. The summed E-state index contributed by atoms with van der Waals surface area (Å²) in [6, 6.07) is 0. The van der Waals surface area contributed by atoms with E-state index in [0.717, 1.165) is 0 Å². The highest BCUT2D eigenvalue weighted by Crippen LogP contribution is 1.64. The lowest BCUT2D eigenvalue weighted by atomic mass is 9.27. The van der Waals surface area contributed by atoms with E-state index in [4.69, 9.17) is 0 Å². The van der Waals surface area contributed by atoms with E-state index in [1.807, 2.05) is 0 Å². The molecule has 2 heterocycles. The van der Waals surface area contributed by atoms with Crippen LogP contribution in [0.5, 0.6) is 0 Å². The summed E-state index contributed by atoms with van der Waals surface area (Å²) in [5, 5.41) is 0. The summed E-state index contributed by atoms with van der Waals surface area (Å²) >= 11 is 0. The largest absolute Gasteiger partial charge is 0.351 e. The molecule has 2 aromatic heterocycles. The van der Waals surface area contributed by atoms with Gasteiger partial charge in [-0.1, -0.05) is 13.2 Å². The summed E-state index contributed by atoms with van der Waals surface area (Å²) in [6.07, 6.45) is 11.5. The molecule has 0 saturated heterocycles. The molecule has 0 bridgehead atoms. The van der Waals surface area contributed by atoms with Crippen molar-refractivity contribution in [2.24, 2.45) is 0 Å². The number of H-pyrrole nitrogens is 2. The summed E-state index contributed by atoms with van der Waals surface area (Å²) in [7, 11) is 4.94. The van der Waals surface area contributed by atoms with Crippen LogP contribution in [-0.2, 0) is 0 Å². The van der Waals surface area contributed by atoms with Crippen molar-refractivity contribution in [2.45, 2.75) is 13.2 Å². The molecule has 0 aliphatic carbocycles. The maximum absolute atomic E-state index is 3.67. The van der Waals surface area contributed by atoms with Crippen LogP contribution in [-0.4, -0.2) is 41.9 Å². The molecule has 4 nitrogen and oxygen atoms in total. The highest BCUT2D eigenvalue weighted by atomic mass is 14.8. The Morgan fingerprint density at radius 3 is 1.73 bits per heavy atom. The molecule has 0 aliphatic heterocycles. The first kappa shape index (κ1) is 13.6. The Balaban J connectivity index is 0.000000196. The predicted octanol–water partition coefficient (Wildman–Crippen LogP) is -0.420. The fourth-order valence-corrected chi connectivity index (χ4v) is 0.784. The Morgan fingerprint density at radius 1 is 1.13 bits per heavy atom. The van der Waals surface area contributed by atoms with Crippen LogP contribution in [0.4, 0.5) is 0 Å². The van der Waals surface area contributed by atoms with Gasteiger partial charge in [0.1, 0.15) is 0 Å². The van der Waals surface area contributed by atoms with Crippen LogP contribution in [0.15, 0.2) is 37.4 Å². The minimum Gasteiger partial charge on any atom is -0.351 e. The summed E-state index contributed by atoms with van der Waals surface area (Å²) in [6.45, 7) is 2.21. The Bertz CT molecular complexity index is 197. The van der Waals surface area contributed by atoms with E-state index in [1.165, 1.54) is 20.6 Å². The van der Waals surface area contributed by atoms with Gasteiger partial charge in [-0.15, -0.1) is 0 Å². The molecule has 0 spiro atoms. The van der Waals surface area contributed by atoms with Crippen LogP contribution < -0.4 is 0 Å². The van der Waals surface area contributed by atoms with Gasteiger partial charge in [0.25, 0.3) is 0 Å². The van der Waals surface area contributed by atoms with Crippen molar-refractivity contribution >= 4 is 22.0 Å². The molecule has 0 fully saturated rings. The molecule has 0 unspecified atom stereocenters. The molecule has 0 saturated carbocycles. The molecule has 15 heavy (non-hydrogen) atoms. The SMILES string of the molecule is BBBCC.c1c[nH]cn1.c1c[nH]cn1. The van der Waals surface area contributed by atoms with Crippen LogP contribution in [0.1, 0.15) is 6.92 Å². The number of aromatic nitrogens is 4. The average Bonchev–Trinajstić information content (AvgIpc) is 2.99. The molecule has 0 aliphatic rings. The Kier molecular flexibility index (Phi) is 11.4. The van der Waals surface area contributed by atoms with Gasteiger partial charge in [-0.2, -0.15) is 0 Å². The molecule has 0 aromatic carbocycles. The minimum absolute atomic E-state index is 1.34. The van der Waals surface area contributed by atoms with Gasteiger partial charge in [0.05, 0.1) is 34.6 Å². The molecule has 7 heteroatoms. The van der Waals surface area contributed by atoms with Gasteiger partial charge in [0.15, 0.2) is 0 Å². The number of nitrogens with one attached hydrogen (secondary N) is 2. The van der Waals surface area contributed by atoms with Crippen molar-refractivity contribution in [3.63, 3.8) is 0 Å². The number of rotatable bonds is 2. The Labute approximate surface area is 93.2 Å². The molecule has 2 aromatic rings. The number of hydrogen-bond donors (Lipinski definition) is 2. The van der Waals surface area contributed by atoms with Crippen LogP contribution in [0, 0.1) is 0 Å². The van der Waals surface area contributed by atoms with Crippen LogP contribution >= 0.6 is 0 Å². The van der Waals surface area contributed by atoms with Gasteiger partial charge < -0.3 is 9.97 Å². The smallest absolute Gasteiger partial charge is 0.0919 e. The fraction of sp³-hybridized carbons (Fsp3) is 0.250. The van der Waals surface area contributed by atoms with E-state index in [2.05, 4.69) is 34.6 Å². The number of imidazole rings is 2. The van der Waals surface area contributed by atoms with E-state index < -0.39 is 0 Å². The fourth-order valence-electron chi connectivity index (χ4n) is 0.784. The lowest BCUT2D eigenvalue weighted by Gasteiger charge is -1.72. The zero-order valence-electron chi connectivity index (χ0n) is 9.48. The lowest BCUT2D eigenvalue weighted by Crippen LogP contribution is -1.98. The van der Waals surface area contributed by atoms with E-state index in [-0.39, 0.29) is 0 Å². The van der Waals surface area contributed by atoms with Crippen LogP contribution in [0.3, 0.4) is 0 Å².